The van der Waals surface area contributed by atoms with Gasteiger partial charge in [0.15, 0.2) is 11.5 Å². The molecule has 3 N–H and O–H groups in total. The van der Waals surface area contributed by atoms with E-state index < -0.39 is 6.03 Å². The Morgan fingerprint density at radius 2 is 1.87 bits per heavy atom. The van der Waals surface area contributed by atoms with Crippen LogP contribution in [0.15, 0.2) is 48.5 Å². The van der Waals surface area contributed by atoms with Crippen LogP contribution in [0.3, 0.4) is 0 Å². The van der Waals surface area contributed by atoms with Crippen LogP contribution in [0.5, 0.6) is 11.5 Å². The van der Waals surface area contributed by atoms with Gasteiger partial charge in [0.25, 0.3) is 0 Å². The third-order valence-electron chi connectivity index (χ3n) is 4.77. The summed E-state index contributed by atoms with van der Waals surface area (Å²) in [5.41, 5.74) is 2.98. The number of aryl methyl sites for hydroxylation is 1. The Balaban J connectivity index is 1.83. The largest absolute Gasteiger partial charge is 0.493 e. The Labute approximate surface area is 181 Å². The zero-order valence-corrected chi connectivity index (χ0v) is 18.0. The average molecular weight is 425 g/mol. The number of benzene rings is 2. The minimum absolute atomic E-state index is 0.0691. The number of amides is 2. The van der Waals surface area contributed by atoms with Gasteiger partial charge in [-0.05, 0) is 42.7 Å². The van der Waals surface area contributed by atoms with Gasteiger partial charge in [-0.3, -0.25) is 5.32 Å². The van der Waals surface area contributed by atoms with E-state index in [0.717, 1.165) is 36.2 Å². The number of carbonyl (C=O) groups is 1. The van der Waals surface area contributed by atoms with Crippen LogP contribution >= 0.6 is 0 Å². The Hall–Kier alpha value is -3.52. The van der Waals surface area contributed by atoms with Crippen molar-refractivity contribution in [1.82, 2.24) is 9.78 Å². The van der Waals surface area contributed by atoms with Crippen molar-refractivity contribution in [3.63, 3.8) is 0 Å². The highest BCUT2D eigenvalue weighted by atomic mass is 16.5. The normalized spacial score (nSPS) is 10.6. The number of hydrogen-bond acceptors (Lipinski definition) is 5. The summed E-state index contributed by atoms with van der Waals surface area (Å²) in [7, 11) is 3.10. The predicted octanol–water partition coefficient (Wildman–Crippen LogP) is 4.37. The molecule has 31 heavy (non-hydrogen) atoms. The zero-order valence-electron chi connectivity index (χ0n) is 18.0. The molecule has 0 atom stereocenters. The van der Waals surface area contributed by atoms with Gasteiger partial charge in [-0.15, -0.1) is 0 Å². The van der Waals surface area contributed by atoms with Crippen LogP contribution in [0.1, 0.15) is 31.0 Å². The highest BCUT2D eigenvalue weighted by molar-refractivity contribution is 5.99. The fourth-order valence-electron chi connectivity index (χ4n) is 3.18. The first kappa shape index (κ1) is 22.2. The van der Waals surface area contributed by atoms with Crippen molar-refractivity contribution < 1.29 is 19.4 Å². The first-order chi connectivity index (χ1) is 15.1. The molecule has 8 heteroatoms. The number of nitrogens with one attached hydrogen (secondary N) is 2. The monoisotopic (exact) mass is 424 g/mol. The van der Waals surface area contributed by atoms with E-state index in [4.69, 9.17) is 9.47 Å². The smallest absolute Gasteiger partial charge is 0.324 e. The molecule has 164 valence electrons. The number of anilines is 2. The first-order valence-electron chi connectivity index (χ1n) is 10.2. The van der Waals surface area contributed by atoms with Gasteiger partial charge < -0.3 is 19.9 Å². The highest BCUT2D eigenvalue weighted by Crippen LogP contribution is 2.30. The molecule has 0 aliphatic heterocycles. The predicted molar refractivity (Wildman–Crippen MR) is 120 cm³/mol. The Morgan fingerprint density at radius 3 is 2.58 bits per heavy atom. The molecule has 0 fully saturated rings. The molecule has 0 aliphatic rings. The number of ether oxygens (including phenoxy) is 2. The van der Waals surface area contributed by atoms with Crippen molar-refractivity contribution in [2.24, 2.45) is 0 Å². The summed E-state index contributed by atoms with van der Waals surface area (Å²) >= 11 is 0. The molecule has 3 aromatic rings. The number of hydrogen-bond donors (Lipinski definition) is 3. The lowest BCUT2D eigenvalue weighted by atomic mass is 10.2. The second-order valence-electron chi connectivity index (χ2n) is 7.01. The summed E-state index contributed by atoms with van der Waals surface area (Å²) in [4.78, 5) is 12.7. The van der Waals surface area contributed by atoms with Gasteiger partial charge >= 0.3 is 6.03 Å². The maximum Gasteiger partial charge on any atom is 0.324 e. The zero-order chi connectivity index (χ0) is 22.2. The number of aliphatic hydroxyl groups is 1. The molecule has 0 saturated heterocycles. The average Bonchev–Trinajstić information content (AvgIpc) is 3.19. The van der Waals surface area contributed by atoms with Gasteiger partial charge in [0, 0.05) is 17.8 Å². The van der Waals surface area contributed by atoms with E-state index in [9.17, 15) is 9.90 Å². The highest BCUT2D eigenvalue weighted by Gasteiger charge is 2.14. The topological polar surface area (TPSA) is 97.6 Å². The minimum atomic E-state index is -0.409. The molecule has 8 nitrogen and oxygen atoms in total. The summed E-state index contributed by atoms with van der Waals surface area (Å²) in [5.74, 6) is 1.64. The molecule has 3 rings (SSSR count). The number of unbranched alkanes of at least 4 members (excludes halogenated alkanes) is 1. The summed E-state index contributed by atoms with van der Waals surface area (Å²) in [6.07, 6.45) is 2.87. The molecular formula is C23H28N4O4. The summed E-state index contributed by atoms with van der Waals surface area (Å²) in [6.45, 7) is 2.05. The molecule has 0 unspecified atom stereocenters. The van der Waals surface area contributed by atoms with E-state index in [2.05, 4.69) is 22.7 Å². The maximum absolute atomic E-state index is 12.7. The molecule has 0 spiro atoms. The van der Waals surface area contributed by atoms with Gasteiger partial charge in [0.05, 0.1) is 32.2 Å². The van der Waals surface area contributed by atoms with Crippen LogP contribution in [-0.4, -0.2) is 35.1 Å². The number of aromatic nitrogens is 2. The number of rotatable bonds is 9. The van der Waals surface area contributed by atoms with Gasteiger partial charge in [-0.1, -0.05) is 25.5 Å². The number of aliphatic hydroxyl groups excluding tert-OH is 1. The second kappa shape index (κ2) is 10.5. The summed E-state index contributed by atoms with van der Waals surface area (Å²) in [5, 5.41) is 19.8. The summed E-state index contributed by atoms with van der Waals surface area (Å²) < 4.78 is 12.2. The molecule has 1 heterocycles. The van der Waals surface area contributed by atoms with E-state index >= 15 is 0 Å². The fraction of sp³-hybridized carbons (Fsp3) is 0.304. The Kier molecular flexibility index (Phi) is 7.50. The molecular weight excluding hydrogens is 396 g/mol. The number of methoxy groups -OCH3 is 2. The third kappa shape index (κ3) is 5.55. The molecule has 0 saturated carbocycles. The SMILES string of the molecule is CCCCc1cc(NC(=O)Nc2ccc(OC)c(OC)c2)n(-c2cccc(CO)c2)n1. The molecule has 0 radical (unpaired) electrons. The molecule has 2 amide bonds. The molecule has 0 bridgehead atoms. The lowest BCUT2D eigenvalue weighted by molar-refractivity contribution is 0.262. The molecule has 1 aromatic heterocycles. The van der Waals surface area contributed by atoms with Crippen LogP contribution in [-0.2, 0) is 13.0 Å². The van der Waals surface area contributed by atoms with Gasteiger partial charge in [0.2, 0.25) is 0 Å². The van der Waals surface area contributed by atoms with Gasteiger partial charge in [0.1, 0.15) is 5.82 Å². The van der Waals surface area contributed by atoms with E-state index in [0.29, 0.717) is 23.0 Å². The lowest BCUT2D eigenvalue weighted by Gasteiger charge is -2.12. The van der Waals surface area contributed by atoms with Crippen LogP contribution in [0.4, 0.5) is 16.3 Å². The standard InChI is InChI=1S/C23H28N4O4/c1-4-5-8-18-14-22(27(26-18)19-9-6-7-16(12-19)15-28)25-23(29)24-17-10-11-20(30-2)21(13-17)31-3/h6-7,9-14,28H,4-5,8,15H2,1-3H3,(H2,24,25,29). The quantitative estimate of drug-likeness (QED) is 0.474. The summed E-state index contributed by atoms with van der Waals surface area (Å²) in [6, 6.07) is 14.0. The molecule has 2 aromatic carbocycles. The number of carbonyl (C=O) groups excluding carboxylic acids is 1. The molecule has 0 aliphatic carbocycles. The van der Waals surface area contributed by atoms with E-state index in [1.807, 2.05) is 30.3 Å². The first-order valence-corrected chi connectivity index (χ1v) is 10.2. The third-order valence-corrected chi connectivity index (χ3v) is 4.77. The Bertz CT molecular complexity index is 1030. The van der Waals surface area contributed by atoms with Crippen molar-refractivity contribution in [1.29, 1.82) is 0 Å². The van der Waals surface area contributed by atoms with E-state index in [-0.39, 0.29) is 6.61 Å². The maximum atomic E-state index is 12.7. The minimum Gasteiger partial charge on any atom is -0.493 e. The second-order valence-corrected chi connectivity index (χ2v) is 7.01. The van der Waals surface area contributed by atoms with Crippen molar-refractivity contribution in [3.05, 3.63) is 59.8 Å². The van der Waals surface area contributed by atoms with Crippen LogP contribution in [0.2, 0.25) is 0 Å². The van der Waals surface area contributed by atoms with Crippen molar-refractivity contribution in [2.45, 2.75) is 32.8 Å². The number of nitrogens with zero attached hydrogens (tertiary/aromatic N) is 2. The van der Waals surface area contributed by atoms with Gasteiger partial charge in [-0.2, -0.15) is 5.10 Å². The van der Waals surface area contributed by atoms with E-state index in [1.54, 1.807) is 37.1 Å². The fourth-order valence-corrected chi connectivity index (χ4v) is 3.18. The van der Waals surface area contributed by atoms with E-state index in [1.165, 1.54) is 0 Å². The number of urea groups is 1. The van der Waals surface area contributed by atoms with Crippen LogP contribution in [0.25, 0.3) is 5.69 Å². The van der Waals surface area contributed by atoms with Crippen molar-refractivity contribution in [2.75, 3.05) is 24.9 Å². The van der Waals surface area contributed by atoms with Crippen molar-refractivity contribution >= 4 is 17.5 Å². The lowest BCUT2D eigenvalue weighted by Crippen LogP contribution is -2.21. The van der Waals surface area contributed by atoms with Gasteiger partial charge in [-0.25, -0.2) is 9.48 Å². The Morgan fingerprint density at radius 1 is 1.06 bits per heavy atom. The van der Waals surface area contributed by atoms with Crippen LogP contribution in [0, 0.1) is 0 Å². The van der Waals surface area contributed by atoms with Crippen molar-refractivity contribution in [3.8, 4) is 17.2 Å². The van der Waals surface area contributed by atoms with Crippen LogP contribution < -0.4 is 20.1 Å².